The number of halogens is 2. The molecule has 4 rings (SSSR count). The molecule has 0 saturated carbocycles. The van der Waals surface area contributed by atoms with Crippen LogP contribution < -0.4 is 15.0 Å². The minimum absolute atomic E-state index is 0.202. The normalized spacial score (nSPS) is 14.7. The van der Waals surface area contributed by atoms with Crippen molar-refractivity contribution in [2.45, 2.75) is 6.92 Å². The molecule has 0 aliphatic carbocycles. The first kappa shape index (κ1) is 22.1. The fourth-order valence-corrected chi connectivity index (χ4v) is 4.96. The van der Waals surface area contributed by atoms with Gasteiger partial charge in [0, 0.05) is 44.3 Å². The molecule has 1 N–H and O–H groups in total. The lowest BCUT2D eigenvalue weighted by Gasteiger charge is -2.34. The second kappa shape index (κ2) is 10.0. The molecule has 0 unspecified atom stereocenters. The molecule has 2 aromatic carbocycles. The number of ether oxygens (including phenoxy) is 1. The number of carbonyl (C=O) groups is 1. The lowest BCUT2D eigenvalue weighted by atomic mass is 10.2. The molecule has 164 valence electrons. The Bertz CT molecular complexity index is 1070. The highest BCUT2D eigenvalue weighted by atomic mass is 35.5. The van der Waals surface area contributed by atoms with Crippen molar-refractivity contribution in [2.24, 2.45) is 0 Å². The molecule has 9 heteroatoms. The Balaban J connectivity index is 1.26. The average Bonchev–Trinajstić information content (AvgIpc) is 3.19. The summed E-state index contributed by atoms with van der Waals surface area (Å²) in [6, 6.07) is 10.9. The first-order valence-electron chi connectivity index (χ1n) is 10.3. The summed E-state index contributed by atoms with van der Waals surface area (Å²) < 4.78 is 6.74. The summed E-state index contributed by atoms with van der Waals surface area (Å²) in [5.41, 5.74) is 1.41. The zero-order chi connectivity index (χ0) is 21.8. The van der Waals surface area contributed by atoms with Gasteiger partial charge in [0.05, 0.1) is 27.4 Å². The molecule has 0 radical (unpaired) electrons. The van der Waals surface area contributed by atoms with E-state index < -0.39 is 0 Å². The molecule has 1 fully saturated rings. The Morgan fingerprint density at radius 2 is 1.97 bits per heavy atom. The monoisotopic (exact) mass is 478 g/mol. The van der Waals surface area contributed by atoms with Crippen molar-refractivity contribution in [2.75, 3.05) is 50.8 Å². The van der Waals surface area contributed by atoms with Crippen LogP contribution in [0.5, 0.6) is 5.75 Å². The lowest BCUT2D eigenvalue weighted by molar-refractivity contribution is 0.0948. The minimum atomic E-state index is -0.202. The second-order valence-corrected chi connectivity index (χ2v) is 9.12. The van der Waals surface area contributed by atoms with Gasteiger partial charge < -0.3 is 15.0 Å². The van der Waals surface area contributed by atoms with Gasteiger partial charge in [-0.1, -0.05) is 34.5 Å². The zero-order valence-corrected chi connectivity index (χ0v) is 19.6. The number of piperazine rings is 1. The first-order valence-corrected chi connectivity index (χ1v) is 11.8. The molecule has 1 saturated heterocycles. The summed E-state index contributed by atoms with van der Waals surface area (Å²) in [5.74, 6) is 0.683. The van der Waals surface area contributed by atoms with Crippen molar-refractivity contribution >= 4 is 55.8 Å². The molecule has 1 amide bonds. The number of rotatable bonds is 7. The highest BCUT2D eigenvalue weighted by Gasteiger charge is 2.20. The van der Waals surface area contributed by atoms with Gasteiger partial charge in [-0.2, -0.15) is 0 Å². The van der Waals surface area contributed by atoms with E-state index in [9.17, 15) is 4.79 Å². The number of nitrogens with zero attached hydrogens (tertiary/aromatic N) is 3. The maximum atomic E-state index is 12.3. The number of amides is 1. The third kappa shape index (κ3) is 5.41. The van der Waals surface area contributed by atoms with Gasteiger partial charge in [0.1, 0.15) is 5.75 Å². The van der Waals surface area contributed by atoms with Crippen molar-refractivity contribution in [3.8, 4) is 5.75 Å². The third-order valence-electron chi connectivity index (χ3n) is 5.19. The molecular formula is C22H24Cl2N4O2S. The van der Waals surface area contributed by atoms with Crippen LogP contribution in [0.15, 0.2) is 36.4 Å². The van der Waals surface area contributed by atoms with Gasteiger partial charge in [-0.15, -0.1) is 0 Å². The molecule has 1 aromatic heterocycles. The van der Waals surface area contributed by atoms with Gasteiger partial charge in [-0.3, -0.25) is 9.69 Å². The van der Waals surface area contributed by atoms with Crippen molar-refractivity contribution < 1.29 is 9.53 Å². The molecule has 0 spiro atoms. The Labute approximate surface area is 195 Å². The van der Waals surface area contributed by atoms with Crippen molar-refractivity contribution in [1.82, 2.24) is 15.2 Å². The number of nitrogens with one attached hydrogen (secondary N) is 1. The molecule has 0 bridgehead atoms. The van der Waals surface area contributed by atoms with E-state index in [2.05, 4.69) is 21.2 Å². The quantitative estimate of drug-likeness (QED) is 0.539. The lowest BCUT2D eigenvalue weighted by Crippen LogP contribution is -2.48. The number of fused-ring (bicyclic) bond motifs is 1. The highest BCUT2D eigenvalue weighted by Crippen LogP contribution is 2.32. The Morgan fingerprint density at radius 1 is 1.16 bits per heavy atom. The SMILES string of the molecule is CCOc1ccc2nc(N3CCN(CCNC(=O)c4cc(Cl)ccc4Cl)CC3)sc2c1. The van der Waals surface area contributed by atoms with Crippen molar-refractivity contribution in [3.05, 3.63) is 52.0 Å². The van der Waals surface area contributed by atoms with Gasteiger partial charge in [0.25, 0.3) is 5.91 Å². The Morgan fingerprint density at radius 3 is 2.74 bits per heavy atom. The highest BCUT2D eigenvalue weighted by molar-refractivity contribution is 7.22. The predicted octanol–water partition coefficient (Wildman–Crippen LogP) is 4.55. The van der Waals surface area contributed by atoms with E-state index in [1.54, 1.807) is 29.5 Å². The van der Waals surface area contributed by atoms with Crippen LogP contribution in [0.3, 0.4) is 0 Å². The van der Waals surface area contributed by atoms with Crippen LogP contribution in [0.2, 0.25) is 10.0 Å². The van der Waals surface area contributed by atoms with Crippen LogP contribution in [-0.2, 0) is 0 Å². The molecular weight excluding hydrogens is 455 g/mol. The first-order chi connectivity index (χ1) is 15.0. The van der Waals surface area contributed by atoms with Gasteiger partial charge in [0.15, 0.2) is 5.13 Å². The number of benzene rings is 2. The Kier molecular flexibility index (Phi) is 7.17. The van der Waals surface area contributed by atoms with Crippen LogP contribution in [0.25, 0.3) is 10.2 Å². The fraction of sp³-hybridized carbons (Fsp3) is 0.364. The van der Waals surface area contributed by atoms with Crippen LogP contribution in [0.4, 0.5) is 5.13 Å². The average molecular weight is 479 g/mol. The van der Waals surface area contributed by atoms with E-state index in [1.807, 2.05) is 19.1 Å². The topological polar surface area (TPSA) is 57.7 Å². The number of thiazole rings is 1. The largest absolute Gasteiger partial charge is 0.494 e. The van der Waals surface area contributed by atoms with E-state index in [-0.39, 0.29) is 5.91 Å². The summed E-state index contributed by atoms with van der Waals surface area (Å²) in [6.45, 7) is 7.66. The third-order valence-corrected chi connectivity index (χ3v) is 6.83. The summed E-state index contributed by atoms with van der Waals surface area (Å²) in [6.07, 6.45) is 0. The molecule has 3 aromatic rings. The molecule has 2 heterocycles. The van der Waals surface area contributed by atoms with E-state index >= 15 is 0 Å². The minimum Gasteiger partial charge on any atom is -0.494 e. The molecule has 1 aliphatic rings. The summed E-state index contributed by atoms with van der Waals surface area (Å²) >= 11 is 13.8. The number of aromatic nitrogens is 1. The van der Waals surface area contributed by atoms with Gasteiger partial charge in [0.2, 0.25) is 0 Å². The Hall–Kier alpha value is -2.06. The van der Waals surface area contributed by atoms with Crippen molar-refractivity contribution in [1.29, 1.82) is 0 Å². The standard InChI is InChI=1S/C22H24Cl2N4O2S/c1-2-30-16-4-6-19-20(14-16)31-22(26-19)28-11-9-27(10-12-28)8-7-25-21(29)17-13-15(23)3-5-18(17)24/h3-6,13-14H,2,7-12H2,1H3,(H,25,29). The van der Waals surface area contributed by atoms with Crippen LogP contribution in [0, 0.1) is 0 Å². The number of hydrogen-bond acceptors (Lipinski definition) is 6. The molecule has 1 aliphatic heterocycles. The van der Waals surface area contributed by atoms with Gasteiger partial charge in [-0.25, -0.2) is 4.98 Å². The fourth-order valence-electron chi connectivity index (χ4n) is 3.54. The van der Waals surface area contributed by atoms with E-state index in [0.29, 0.717) is 28.8 Å². The van der Waals surface area contributed by atoms with Crippen LogP contribution in [-0.4, -0.2) is 61.7 Å². The molecule has 31 heavy (non-hydrogen) atoms. The maximum absolute atomic E-state index is 12.3. The van der Waals surface area contributed by atoms with E-state index in [0.717, 1.165) is 53.8 Å². The summed E-state index contributed by atoms with van der Waals surface area (Å²) in [7, 11) is 0. The second-order valence-electron chi connectivity index (χ2n) is 7.27. The van der Waals surface area contributed by atoms with Gasteiger partial charge in [-0.05, 0) is 43.3 Å². The summed E-state index contributed by atoms with van der Waals surface area (Å²) in [4.78, 5) is 21.8. The zero-order valence-electron chi connectivity index (χ0n) is 17.2. The van der Waals surface area contributed by atoms with Crippen molar-refractivity contribution in [3.63, 3.8) is 0 Å². The maximum Gasteiger partial charge on any atom is 0.252 e. The van der Waals surface area contributed by atoms with E-state index in [1.165, 1.54) is 0 Å². The van der Waals surface area contributed by atoms with E-state index in [4.69, 9.17) is 32.9 Å². The number of carbonyl (C=O) groups excluding carboxylic acids is 1. The number of anilines is 1. The van der Waals surface area contributed by atoms with Gasteiger partial charge >= 0.3 is 0 Å². The van der Waals surface area contributed by atoms with Crippen LogP contribution >= 0.6 is 34.5 Å². The molecule has 6 nitrogen and oxygen atoms in total. The smallest absolute Gasteiger partial charge is 0.252 e. The van der Waals surface area contributed by atoms with Crippen LogP contribution in [0.1, 0.15) is 17.3 Å². The predicted molar refractivity (Wildman–Crippen MR) is 128 cm³/mol. The molecule has 0 atom stereocenters. The summed E-state index contributed by atoms with van der Waals surface area (Å²) in [5, 5.41) is 4.88. The number of hydrogen-bond donors (Lipinski definition) is 1.